The molecule has 0 radical (unpaired) electrons. The molecule has 2 N–H and O–H groups in total. The van der Waals surface area contributed by atoms with E-state index in [4.69, 9.17) is 5.73 Å². The number of hydrogen-bond acceptors (Lipinski definition) is 4. The Morgan fingerprint density at radius 1 is 1.21 bits per heavy atom. The lowest BCUT2D eigenvalue weighted by atomic mass is 9.85. The van der Waals surface area contributed by atoms with Crippen LogP contribution < -0.4 is 5.73 Å². The molecule has 2 aliphatic rings. The molecule has 1 aliphatic carbocycles. The number of imide groups is 2. The summed E-state index contributed by atoms with van der Waals surface area (Å²) in [6.07, 6.45) is 3.62. The van der Waals surface area contributed by atoms with Gasteiger partial charge in [0.2, 0.25) is 5.91 Å². The van der Waals surface area contributed by atoms with E-state index in [1.54, 1.807) is 0 Å². The molecule has 19 heavy (non-hydrogen) atoms. The second-order valence-electron chi connectivity index (χ2n) is 5.14. The Morgan fingerprint density at radius 3 is 2.42 bits per heavy atom. The first-order valence-corrected chi connectivity index (χ1v) is 6.40. The fourth-order valence-electron chi connectivity index (χ4n) is 2.79. The average molecular weight is 267 g/mol. The van der Waals surface area contributed by atoms with Gasteiger partial charge in [0.05, 0.1) is 0 Å². The topological polar surface area (TPSA) is 101 Å². The van der Waals surface area contributed by atoms with E-state index in [1.165, 1.54) is 0 Å². The summed E-state index contributed by atoms with van der Waals surface area (Å²) in [5, 5.41) is 0. The van der Waals surface area contributed by atoms with Crippen LogP contribution in [0.5, 0.6) is 0 Å². The maximum atomic E-state index is 12.1. The molecule has 7 heteroatoms. The number of primary amides is 1. The van der Waals surface area contributed by atoms with Gasteiger partial charge in [0.15, 0.2) is 0 Å². The highest BCUT2D eigenvalue weighted by atomic mass is 16.2. The predicted octanol–water partition coefficient (Wildman–Crippen LogP) is -0.159. The second kappa shape index (κ2) is 4.99. The summed E-state index contributed by atoms with van der Waals surface area (Å²) < 4.78 is 0. The molecule has 1 aliphatic heterocycles. The minimum atomic E-state index is -0.957. The normalized spacial score (nSPS) is 28.2. The number of amides is 5. The summed E-state index contributed by atoms with van der Waals surface area (Å²) >= 11 is 0. The number of hydrogen-bond donors (Lipinski definition) is 1. The summed E-state index contributed by atoms with van der Waals surface area (Å²) in [4.78, 5) is 48.2. The maximum absolute atomic E-state index is 12.1. The van der Waals surface area contributed by atoms with Crippen LogP contribution in [0.4, 0.5) is 4.79 Å². The monoisotopic (exact) mass is 267 g/mol. The first kappa shape index (κ1) is 13.5. The van der Waals surface area contributed by atoms with E-state index in [2.05, 4.69) is 0 Å². The van der Waals surface area contributed by atoms with Crippen LogP contribution in [0.2, 0.25) is 0 Å². The maximum Gasteiger partial charge on any atom is 0.334 e. The van der Waals surface area contributed by atoms with Crippen molar-refractivity contribution in [3.8, 4) is 0 Å². The summed E-state index contributed by atoms with van der Waals surface area (Å²) in [5.74, 6) is -2.44. The third-order valence-corrected chi connectivity index (χ3v) is 3.80. The molecule has 104 valence electrons. The lowest BCUT2D eigenvalue weighted by Crippen LogP contribution is -2.46. The molecule has 2 rings (SSSR count). The van der Waals surface area contributed by atoms with Gasteiger partial charge in [0.25, 0.3) is 0 Å². The van der Waals surface area contributed by atoms with Crippen LogP contribution in [-0.4, -0.2) is 46.1 Å². The molecule has 0 aromatic carbocycles. The van der Waals surface area contributed by atoms with E-state index in [1.807, 2.05) is 6.92 Å². The molecule has 0 unspecified atom stereocenters. The minimum absolute atomic E-state index is 0.169. The van der Waals surface area contributed by atoms with Crippen LogP contribution >= 0.6 is 0 Å². The molecule has 1 saturated carbocycles. The van der Waals surface area contributed by atoms with Crippen molar-refractivity contribution in [2.75, 3.05) is 6.54 Å². The van der Waals surface area contributed by atoms with Crippen molar-refractivity contribution in [3.05, 3.63) is 0 Å². The third-order valence-electron chi connectivity index (χ3n) is 3.80. The van der Waals surface area contributed by atoms with Crippen LogP contribution in [0.15, 0.2) is 0 Å². The summed E-state index contributed by atoms with van der Waals surface area (Å²) in [6.45, 7) is 1.42. The molecule has 2 fully saturated rings. The highest BCUT2D eigenvalue weighted by molar-refractivity contribution is 6.45. The lowest BCUT2D eigenvalue weighted by Gasteiger charge is -2.33. The van der Waals surface area contributed by atoms with E-state index < -0.39 is 30.3 Å². The van der Waals surface area contributed by atoms with Gasteiger partial charge in [0.1, 0.15) is 6.54 Å². The zero-order chi connectivity index (χ0) is 14.2. The molecule has 1 heterocycles. The molecule has 0 aromatic heterocycles. The number of carbonyl (C=O) groups is 4. The van der Waals surface area contributed by atoms with Gasteiger partial charge in [-0.15, -0.1) is 0 Å². The zero-order valence-electron chi connectivity index (χ0n) is 10.8. The average Bonchev–Trinajstić information content (AvgIpc) is 2.55. The molecule has 1 saturated heterocycles. The van der Waals surface area contributed by atoms with Crippen LogP contribution in [0, 0.1) is 5.92 Å². The Kier molecular flexibility index (Phi) is 3.55. The largest absolute Gasteiger partial charge is 0.368 e. The first-order chi connectivity index (χ1) is 8.93. The standard InChI is InChI=1S/C12H17N3O4/c1-7-4-2-3-5-8(7)15-11(18)10(17)14(12(15)19)6-9(13)16/h7-8H,2-6H2,1H3,(H2,13,16)/t7-,8+/m1/s1. The van der Waals surface area contributed by atoms with Gasteiger partial charge < -0.3 is 5.73 Å². The van der Waals surface area contributed by atoms with Crippen molar-refractivity contribution in [3.63, 3.8) is 0 Å². The molecular weight excluding hydrogens is 250 g/mol. The molecule has 0 spiro atoms. The number of urea groups is 1. The van der Waals surface area contributed by atoms with Gasteiger partial charge in [-0.3, -0.25) is 19.3 Å². The Morgan fingerprint density at radius 2 is 1.84 bits per heavy atom. The van der Waals surface area contributed by atoms with Gasteiger partial charge in [-0.1, -0.05) is 19.8 Å². The first-order valence-electron chi connectivity index (χ1n) is 6.40. The smallest absolute Gasteiger partial charge is 0.334 e. The molecular formula is C12H17N3O4. The number of nitrogens with zero attached hydrogens (tertiary/aromatic N) is 2. The van der Waals surface area contributed by atoms with Crippen molar-refractivity contribution in [2.45, 2.75) is 38.6 Å². The van der Waals surface area contributed by atoms with Gasteiger partial charge in [0, 0.05) is 6.04 Å². The van der Waals surface area contributed by atoms with Gasteiger partial charge in [-0.05, 0) is 18.8 Å². The van der Waals surface area contributed by atoms with Gasteiger partial charge in [-0.2, -0.15) is 0 Å². The SMILES string of the molecule is C[C@@H]1CCCC[C@@H]1N1C(=O)C(=O)N(CC(N)=O)C1=O. The Labute approximate surface area is 110 Å². The van der Waals surface area contributed by atoms with Crippen LogP contribution in [-0.2, 0) is 14.4 Å². The summed E-state index contributed by atoms with van der Waals surface area (Å²) in [5.41, 5.74) is 4.98. The fourth-order valence-corrected chi connectivity index (χ4v) is 2.79. The van der Waals surface area contributed by atoms with Crippen LogP contribution in [0.3, 0.4) is 0 Å². The Balaban J connectivity index is 2.21. The Hall–Kier alpha value is -1.92. The second-order valence-corrected chi connectivity index (χ2v) is 5.14. The van der Waals surface area contributed by atoms with E-state index >= 15 is 0 Å². The summed E-state index contributed by atoms with van der Waals surface area (Å²) in [7, 11) is 0. The molecule has 2 atom stereocenters. The number of carbonyl (C=O) groups excluding carboxylic acids is 4. The van der Waals surface area contributed by atoms with E-state index in [0.717, 1.165) is 24.2 Å². The predicted molar refractivity (Wildman–Crippen MR) is 64.6 cm³/mol. The van der Waals surface area contributed by atoms with Gasteiger partial charge >= 0.3 is 17.8 Å². The molecule has 0 bridgehead atoms. The van der Waals surface area contributed by atoms with Crippen molar-refractivity contribution in [1.29, 1.82) is 0 Å². The van der Waals surface area contributed by atoms with E-state index in [0.29, 0.717) is 11.3 Å². The van der Waals surface area contributed by atoms with Crippen molar-refractivity contribution >= 4 is 23.8 Å². The van der Waals surface area contributed by atoms with E-state index in [-0.39, 0.29) is 12.0 Å². The van der Waals surface area contributed by atoms with Crippen molar-refractivity contribution in [2.24, 2.45) is 11.7 Å². The number of nitrogens with two attached hydrogens (primary N) is 1. The minimum Gasteiger partial charge on any atom is -0.368 e. The highest BCUT2D eigenvalue weighted by Crippen LogP contribution is 2.31. The van der Waals surface area contributed by atoms with E-state index in [9.17, 15) is 19.2 Å². The Bertz CT molecular complexity index is 448. The van der Waals surface area contributed by atoms with Crippen LogP contribution in [0.25, 0.3) is 0 Å². The molecule has 5 amide bonds. The lowest BCUT2D eigenvalue weighted by molar-refractivity contribution is -0.145. The summed E-state index contributed by atoms with van der Waals surface area (Å²) in [6, 6.07) is -0.969. The van der Waals surface area contributed by atoms with Crippen molar-refractivity contribution in [1.82, 2.24) is 9.80 Å². The highest BCUT2D eigenvalue weighted by Gasteiger charge is 2.49. The fraction of sp³-hybridized carbons (Fsp3) is 0.667. The molecule has 0 aromatic rings. The zero-order valence-corrected chi connectivity index (χ0v) is 10.8. The molecule has 7 nitrogen and oxygen atoms in total. The van der Waals surface area contributed by atoms with Gasteiger partial charge in [-0.25, -0.2) is 9.69 Å². The van der Waals surface area contributed by atoms with Crippen molar-refractivity contribution < 1.29 is 19.2 Å². The number of rotatable bonds is 3. The third kappa shape index (κ3) is 2.32. The quantitative estimate of drug-likeness (QED) is 0.567. The van der Waals surface area contributed by atoms with Crippen LogP contribution in [0.1, 0.15) is 32.6 Å².